The van der Waals surface area contributed by atoms with Gasteiger partial charge in [-0.25, -0.2) is 4.39 Å². The number of hydrogen-bond acceptors (Lipinski definition) is 4. The van der Waals surface area contributed by atoms with Gasteiger partial charge in [-0.15, -0.1) is 0 Å². The molecule has 2 aromatic rings. The van der Waals surface area contributed by atoms with Gasteiger partial charge in [0, 0.05) is 18.3 Å². The number of nitrogens with one attached hydrogen (secondary N) is 1. The van der Waals surface area contributed by atoms with E-state index >= 15 is 0 Å². The molecule has 0 aliphatic heterocycles. The monoisotopic (exact) mass is 271 g/mol. The average Bonchev–Trinajstić information content (AvgIpc) is 2.46. The van der Waals surface area contributed by atoms with Crippen molar-refractivity contribution < 1.29 is 9.31 Å². The zero-order valence-corrected chi connectivity index (χ0v) is 10.3. The molecule has 0 radical (unpaired) electrons. The highest BCUT2D eigenvalue weighted by atomic mass is 19.1. The topological polar surface area (TPSA) is 79.0 Å². The fraction of sp³-hybridized carbons (Fsp3) is 0.0714. The Bertz CT molecular complexity index is 678. The summed E-state index contributed by atoms with van der Waals surface area (Å²) in [5, 5.41) is 22.6. The maximum Gasteiger partial charge on any atom is 0.287 e. The van der Waals surface area contributed by atoms with Gasteiger partial charge in [0.25, 0.3) is 5.69 Å². The molecule has 0 aliphatic rings. The molecular weight excluding hydrogens is 261 g/mol. The number of nitro benzene ring substituents is 1. The zero-order valence-electron chi connectivity index (χ0n) is 10.3. The van der Waals surface area contributed by atoms with Crippen LogP contribution in [0.3, 0.4) is 0 Å². The van der Waals surface area contributed by atoms with Crippen LogP contribution in [0.5, 0.6) is 0 Å². The van der Waals surface area contributed by atoms with Gasteiger partial charge < -0.3 is 5.32 Å². The minimum Gasteiger partial charge on any atom is -0.381 e. The lowest BCUT2D eigenvalue weighted by molar-refractivity contribution is -0.385. The lowest BCUT2D eigenvalue weighted by Gasteiger charge is -2.07. The van der Waals surface area contributed by atoms with Crippen molar-refractivity contribution in [3.05, 3.63) is 69.5 Å². The van der Waals surface area contributed by atoms with Gasteiger partial charge in [0.15, 0.2) is 0 Å². The third-order valence-corrected chi connectivity index (χ3v) is 2.72. The van der Waals surface area contributed by atoms with Crippen molar-refractivity contribution in [1.82, 2.24) is 0 Å². The van der Waals surface area contributed by atoms with Crippen LogP contribution in [0.4, 0.5) is 15.8 Å². The van der Waals surface area contributed by atoms with E-state index in [2.05, 4.69) is 5.32 Å². The molecule has 0 aliphatic carbocycles. The van der Waals surface area contributed by atoms with Gasteiger partial charge in [-0.2, -0.15) is 5.26 Å². The van der Waals surface area contributed by atoms with Crippen molar-refractivity contribution in [1.29, 1.82) is 5.26 Å². The van der Waals surface area contributed by atoms with E-state index in [1.807, 2.05) is 0 Å². The third-order valence-electron chi connectivity index (χ3n) is 2.72. The molecule has 0 bridgehead atoms. The van der Waals surface area contributed by atoms with E-state index in [0.29, 0.717) is 12.2 Å². The predicted molar refractivity (Wildman–Crippen MR) is 71.5 cm³/mol. The summed E-state index contributed by atoms with van der Waals surface area (Å²) in [4.78, 5) is 10.1. The molecule has 20 heavy (non-hydrogen) atoms. The molecule has 0 fully saturated rings. The van der Waals surface area contributed by atoms with Gasteiger partial charge in [-0.3, -0.25) is 10.1 Å². The van der Waals surface area contributed by atoms with Gasteiger partial charge in [0.2, 0.25) is 0 Å². The second-order valence-electron chi connectivity index (χ2n) is 4.08. The number of benzene rings is 2. The molecule has 2 rings (SSSR count). The molecule has 0 saturated heterocycles. The van der Waals surface area contributed by atoms with Crippen LogP contribution in [0.25, 0.3) is 0 Å². The summed E-state index contributed by atoms with van der Waals surface area (Å²) in [6, 6.07) is 12.0. The molecule has 0 heterocycles. The van der Waals surface area contributed by atoms with Crippen LogP contribution in [0.1, 0.15) is 11.1 Å². The quantitative estimate of drug-likeness (QED) is 0.684. The van der Waals surface area contributed by atoms with E-state index in [1.54, 1.807) is 18.2 Å². The first-order valence-electron chi connectivity index (χ1n) is 5.77. The van der Waals surface area contributed by atoms with E-state index in [-0.39, 0.29) is 17.1 Å². The Labute approximate surface area is 114 Å². The van der Waals surface area contributed by atoms with Crippen molar-refractivity contribution in [2.45, 2.75) is 6.54 Å². The van der Waals surface area contributed by atoms with Crippen LogP contribution in [-0.2, 0) is 6.54 Å². The van der Waals surface area contributed by atoms with E-state index < -0.39 is 4.92 Å². The number of rotatable bonds is 4. The Kier molecular flexibility index (Phi) is 3.91. The van der Waals surface area contributed by atoms with Gasteiger partial charge >= 0.3 is 0 Å². The molecule has 2 aromatic carbocycles. The van der Waals surface area contributed by atoms with Crippen molar-refractivity contribution in [3.63, 3.8) is 0 Å². The summed E-state index contributed by atoms with van der Waals surface area (Å²) in [5.74, 6) is -0.309. The number of anilines is 1. The molecule has 0 saturated carbocycles. The van der Waals surface area contributed by atoms with Gasteiger partial charge in [0.1, 0.15) is 17.4 Å². The van der Waals surface area contributed by atoms with Crippen LogP contribution in [0, 0.1) is 27.3 Å². The lowest BCUT2D eigenvalue weighted by atomic mass is 10.1. The summed E-state index contributed by atoms with van der Waals surface area (Å²) in [7, 11) is 0. The van der Waals surface area contributed by atoms with Crippen LogP contribution in [0.2, 0.25) is 0 Å². The molecule has 0 atom stereocenters. The second kappa shape index (κ2) is 5.80. The number of nitriles is 1. The highest BCUT2D eigenvalue weighted by molar-refractivity contribution is 5.58. The third kappa shape index (κ3) is 3.09. The van der Waals surface area contributed by atoms with Crippen molar-refractivity contribution >= 4 is 11.4 Å². The summed E-state index contributed by atoms with van der Waals surface area (Å²) >= 11 is 0. The summed E-state index contributed by atoms with van der Waals surface area (Å²) < 4.78 is 12.7. The maximum absolute atomic E-state index is 12.7. The molecule has 1 N–H and O–H groups in total. The standard InChI is InChI=1S/C14H10FN3O2/c15-12-3-1-10(2-4-12)9-17-13-5-6-14(18(19)20)11(7-13)8-16/h1-7,17H,9H2. The van der Waals surface area contributed by atoms with Crippen molar-refractivity contribution in [2.24, 2.45) is 0 Å². The molecule has 0 spiro atoms. The molecule has 6 heteroatoms. The SMILES string of the molecule is N#Cc1cc(NCc2ccc(F)cc2)ccc1[N+](=O)[O-]. The molecule has 0 aromatic heterocycles. The fourth-order valence-electron chi connectivity index (χ4n) is 1.70. The Morgan fingerprint density at radius 3 is 2.55 bits per heavy atom. The highest BCUT2D eigenvalue weighted by Gasteiger charge is 2.13. The van der Waals surface area contributed by atoms with E-state index in [1.165, 1.54) is 30.3 Å². The Hall–Kier alpha value is -2.94. The molecule has 0 unspecified atom stereocenters. The van der Waals surface area contributed by atoms with E-state index in [4.69, 9.17) is 5.26 Å². The largest absolute Gasteiger partial charge is 0.381 e. The first kappa shape index (κ1) is 13.5. The van der Waals surface area contributed by atoms with Crippen LogP contribution in [-0.4, -0.2) is 4.92 Å². The molecule has 100 valence electrons. The van der Waals surface area contributed by atoms with E-state index in [0.717, 1.165) is 5.56 Å². The van der Waals surface area contributed by atoms with Gasteiger partial charge in [-0.05, 0) is 29.8 Å². The zero-order chi connectivity index (χ0) is 14.5. The minimum absolute atomic E-state index is 0.000828. The Balaban J connectivity index is 2.12. The smallest absolute Gasteiger partial charge is 0.287 e. The van der Waals surface area contributed by atoms with Crippen LogP contribution < -0.4 is 5.32 Å². The molecular formula is C14H10FN3O2. The predicted octanol–water partition coefficient (Wildman–Crippen LogP) is 3.22. The van der Waals surface area contributed by atoms with Gasteiger partial charge in [0.05, 0.1) is 4.92 Å². The first-order valence-corrected chi connectivity index (χ1v) is 5.77. The fourth-order valence-corrected chi connectivity index (χ4v) is 1.70. The second-order valence-corrected chi connectivity index (χ2v) is 4.08. The lowest BCUT2D eigenvalue weighted by Crippen LogP contribution is -2.00. The van der Waals surface area contributed by atoms with Crippen molar-refractivity contribution in [3.8, 4) is 6.07 Å². The average molecular weight is 271 g/mol. The Morgan fingerprint density at radius 1 is 1.25 bits per heavy atom. The molecule has 0 amide bonds. The van der Waals surface area contributed by atoms with Gasteiger partial charge in [-0.1, -0.05) is 12.1 Å². The number of hydrogen-bond donors (Lipinski definition) is 1. The number of halogens is 1. The number of nitrogens with zero attached hydrogens (tertiary/aromatic N) is 2. The maximum atomic E-state index is 12.7. The summed E-state index contributed by atoms with van der Waals surface area (Å²) in [6.07, 6.45) is 0. The normalized spacial score (nSPS) is 9.80. The van der Waals surface area contributed by atoms with Crippen LogP contribution in [0.15, 0.2) is 42.5 Å². The summed E-state index contributed by atoms with van der Waals surface area (Å²) in [5.41, 5.74) is 1.23. The first-order chi connectivity index (χ1) is 9.60. The van der Waals surface area contributed by atoms with Crippen molar-refractivity contribution in [2.75, 3.05) is 5.32 Å². The van der Waals surface area contributed by atoms with Crippen LogP contribution >= 0.6 is 0 Å². The minimum atomic E-state index is -0.595. The number of nitro groups is 1. The molecule has 5 nitrogen and oxygen atoms in total. The summed E-state index contributed by atoms with van der Waals surface area (Å²) in [6.45, 7) is 0.433. The Morgan fingerprint density at radius 2 is 1.95 bits per heavy atom. The highest BCUT2D eigenvalue weighted by Crippen LogP contribution is 2.22. The van der Waals surface area contributed by atoms with E-state index in [9.17, 15) is 14.5 Å².